The molecule has 4 N–H and O–H groups in total. The van der Waals surface area contributed by atoms with Gasteiger partial charge in [-0.15, -0.1) is 24.0 Å². The molecule has 7 nitrogen and oxygen atoms in total. The number of aliphatic hydroxyl groups is 1. The van der Waals surface area contributed by atoms with E-state index in [4.69, 9.17) is 16.3 Å². The molecule has 1 saturated heterocycles. The lowest BCUT2D eigenvalue weighted by Crippen LogP contribution is -2.44. The monoisotopic (exact) mass is 524 g/mol. The van der Waals surface area contributed by atoms with Crippen LogP contribution >= 0.6 is 35.6 Å². The van der Waals surface area contributed by atoms with E-state index in [9.17, 15) is 9.90 Å². The van der Waals surface area contributed by atoms with Crippen molar-refractivity contribution in [3.63, 3.8) is 0 Å². The minimum atomic E-state index is -0.0369. The van der Waals surface area contributed by atoms with Crippen LogP contribution in [0.4, 0.5) is 5.69 Å². The van der Waals surface area contributed by atoms with Gasteiger partial charge in [-0.3, -0.25) is 9.79 Å². The molecule has 1 atom stereocenters. The second kappa shape index (κ2) is 13.2. The highest BCUT2D eigenvalue weighted by Gasteiger charge is 2.34. The van der Waals surface area contributed by atoms with Crippen LogP contribution in [0.3, 0.4) is 0 Å². The van der Waals surface area contributed by atoms with Crippen LogP contribution in [0.1, 0.15) is 25.7 Å². The van der Waals surface area contributed by atoms with Crippen molar-refractivity contribution < 1.29 is 14.6 Å². The normalized spacial score (nSPS) is 19.0. The molecule has 0 bridgehead atoms. The predicted molar refractivity (Wildman–Crippen MR) is 124 cm³/mol. The number of nitrogens with one attached hydrogen (secondary N) is 3. The van der Waals surface area contributed by atoms with E-state index in [1.54, 1.807) is 31.3 Å². The lowest BCUT2D eigenvalue weighted by Gasteiger charge is -2.27. The number of carbonyl (C=O) groups is 1. The number of carbonyl (C=O) groups excluding carboxylic acids is 1. The number of benzene rings is 1. The SMILES string of the molecule is CN=C(NCCCC(=O)Nc1ccc(Cl)cc1)NCC1(CCO)CCOC1.I. The molecule has 1 aliphatic rings. The fraction of sp³-hybridized carbons (Fsp3) is 0.579. The highest BCUT2D eigenvalue weighted by atomic mass is 127. The molecule has 9 heteroatoms. The van der Waals surface area contributed by atoms with E-state index >= 15 is 0 Å². The molecule has 1 aliphatic heterocycles. The zero-order valence-electron chi connectivity index (χ0n) is 16.2. The standard InChI is InChI=1S/C19H29ClN4O3.HI/c1-21-18(23-13-19(8-11-25)9-12-27-14-19)22-10-2-3-17(26)24-16-6-4-15(20)5-7-16;/h4-7,25H,2-3,8-14H2,1H3,(H,24,26)(H2,21,22,23);1H. The number of amides is 1. The Bertz CT molecular complexity index is 622. The predicted octanol–water partition coefficient (Wildman–Crippen LogP) is 2.63. The van der Waals surface area contributed by atoms with Crippen LogP contribution in [-0.4, -0.2) is 56.9 Å². The summed E-state index contributed by atoms with van der Waals surface area (Å²) >= 11 is 5.83. The van der Waals surface area contributed by atoms with Crippen molar-refractivity contribution in [2.45, 2.75) is 25.7 Å². The number of guanidine groups is 1. The summed E-state index contributed by atoms with van der Waals surface area (Å²) < 4.78 is 5.50. The molecule has 158 valence electrons. The Morgan fingerprint density at radius 1 is 1.32 bits per heavy atom. The molecule has 1 fully saturated rings. The van der Waals surface area contributed by atoms with Gasteiger partial charge >= 0.3 is 0 Å². The number of hydrogen-bond donors (Lipinski definition) is 4. The number of aliphatic hydroxyl groups excluding tert-OH is 1. The molecule has 0 aliphatic carbocycles. The number of hydrogen-bond acceptors (Lipinski definition) is 4. The highest BCUT2D eigenvalue weighted by molar-refractivity contribution is 14.0. The number of nitrogens with zero attached hydrogens (tertiary/aromatic N) is 1. The van der Waals surface area contributed by atoms with Crippen molar-refractivity contribution in [2.75, 3.05) is 45.3 Å². The maximum atomic E-state index is 12.0. The second-order valence-corrected chi connectivity index (χ2v) is 7.22. The average molecular weight is 525 g/mol. The summed E-state index contributed by atoms with van der Waals surface area (Å²) in [6.07, 6.45) is 2.74. The third kappa shape index (κ3) is 8.50. The van der Waals surface area contributed by atoms with Crippen molar-refractivity contribution in [3.05, 3.63) is 29.3 Å². The number of aliphatic imine (C=N–C) groups is 1. The molecule has 1 aromatic carbocycles. The van der Waals surface area contributed by atoms with Gasteiger partial charge in [0, 0.05) is 55.9 Å². The lowest BCUT2D eigenvalue weighted by molar-refractivity contribution is -0.116. The largest absolute Gasteiger partial charge is 0.396 e. The summed E-state index contributed by atoms with van der Waals surface area (Å²) in [5, 5.41) is 19.3. The van der Waals surface area contributed by atoms with Gasteiger partial charge in [0.2, 0.25) is 5.91 Å². The molecule has 0 aromatic heterocycles. The van der Waals surface area contributed by atoms with Crippen LogP contribution < -0.4 is 16.0 Å². The van der Waals surface area contributed by atoms with Gasteiger partial charge in [0.1, 0.15) is 0 Å². The molecule has 0 radical (unpaired) electrons. The Morgan fingerprint density at radius 3 is 2.68 bits per heavy atom. The molecular weight excluding hydrogens is 495 g/mol. The minimum Gasteiger partial charge on any atom is -0.396 e. The lowest BCUT2D eigenvalue weighted by atomic mass is 9.84. The van der Waals surface area contributed by atoms with Gasteiger partial charge in [0.05, 0.1) is 6.61 Å². The summed E-state index contributed by atoms with van der Waals surface area (Å²) in [5.74, 6) is 0.657. The molecule has 0 spiro atoms. The Kier molecular flexibility index (Phi) is 11.7. The summed E-state index contributed by atoms with van der Waals surface area (Å²) in [6.45, 7) is 2.88. The van der Waals surface area contributed by atoms with Gasteiger partial charge in [-0.1, -0.05) is 11.6 Å². The first-order valence-electron chi connectivity index (χ1n) is 9.25. The molecule has 2 rings (SSSR count). The fourth-order valence-electron chi connectivity index (χ4n) is 3.02. The highest BCUT2D eigenvalue weighted by Crippen LogP contribution is 2.31. The van der Waals surface area contributed by atoms with Gasteiger partial charge in [-0.25, -0.2) is 0 Å². The minimum absolute atomic E-state index is 0. The first-order valence-corrected chi connectivity index (χ1v) is 9.63. The van der Waals surface area contributed by atoms with E-state index in [1.165, 1.54) is 0 Å². The molecule has 0 saturated carbocycles. The van der Waals surface area contributed by atoms with Crippen LogP contribution in [0.25, 0.3) is 0 Å². The molecule has 1 amide bonds. The zero-order chi connectivity index (χ0) is 19.5. The topological polar surface area (TPSA) is 95.0 Å². The summed E-state index contributed by atoms with van der Waals surface area (Å²) in [6, 6.07) is 7.04. The molecule has 28 heavy (non-hydrogen) atoms. The van der Waals surface area contributed by atoms with Crippen molar-refractivity contribution in [2.24, 2.45) is 10.4 Å². The molecule has 1 heterocycles. The molecular formula is C19H30ClIN4O3. The fourth-order valence-corrected chi connectivity index (χ4v) is 3.14. The molecule has 1 aromatic rings. The number of halogens is 2. The van der Waals surface area contributed by atoms with Crippen LogP contribution in [-0.2, 0) is 9.53 Å². The third-order valence-corrected chi connectivity index (χ3v) is 4.93. The third-order valence-electron chi connectivity index (χ3n) is 4.68. The second-order valence-electron chi connectivity index (χ2n) is 6.79. The van der Waals surface area contributed by atoms with Gasteiger partial charge in [-0.05, 0) is 43.5 Å². The molecule has 1 unspecified atom stereocenters. The van der Waals surface area contributed by atoms with Crippen LogP contribution in [0, 0.1) is 5.41 Å². The summed E-state index contributed by atoms with van der Waals surface area (Å²) in [4.78, 5) is 16.2. The van der Waals surface area contributed by atoms with Gasteiger partial charge in [-0.2, -0.15) is 0 Å². The number of rotatable bonds is 9. The Morgan fingerprint density at radius 2 is 2.07 bits per heavy atom. The van der Waals surface area contributed by atoms with E-state index in [0.717, 1.165) is 18.7 Å². The van der Waals surface area contributed by atoms with E-state index < -0.39 is 0 Å². The van der Waals surface area contributed by atoms with Crippen molar-refractivity contribution in [3.8, 4) is 0 Å². The van der Waals surface area contributed by atoms with Crippen LogP contribution in [0.2, 0.25) is 5.02 Å². The van der Waals surface area contributed by atoms with Crippen molar-refractivity contribution in [1.29, 1.82) is 0 Å². The van der Waals surface area contributed by atoms with Gasteiger partial charge in [0.25, 0.3) is 0 Å². The Labute approximate surface area is 188 Å². The van der Waals surface area contributed by atoms with Gasteiger partial charge < -0.3 is 25.8 Å². The maximum absolute atomic E-state index is 12.0. The number of anilines is 1. The summed E-state index contributed by atoms with van der Waals surface area (Å²) in [5.41, 5.74) is 0.702. The van der Waals surface area contributed by atoms with Crippen LogP contribution in [0.5, 0.6) is 0 Å². The Hall–Kier alpha value is -1.10. The quantitative estimate of drug-likeness (QED) is 0.172. The Balaban J connectivity index is 0.00000392. The number of ether oxygens (including phenoxy) is 1. The summed E-state index contributed by atoms with van der Waals surface area (Å²) in [7, 11) is 1.71. The van der Waals surface area contributed by atoms with Crippen LogP contribution in [0.15, 0.2) is 29.3 Å². The van der Waals surface area contributed by atoms with E-state index in [2.05, 4.69) is 20.9 Å². The average Bonchev–Trinajstić information content (AvgIpc) is 3.12. The van der Waals surface area contributed by atoms with Crippen molar-refractivity contribution >= 4 is 53.1 Å². The first-order chi connectivity index (χ1) is 13.1. The zero-order valence-corrected chi connectivity index (χ0v) is 19.3. The van der Waals surface area contributed by atoms with Gasteiger partial charge in [0.15, 0.2) is 5.96 Å². The maximum Gasteiger partial charge on any atom is 0.224 e. The van der Waals surface area contributed by atoms with E-state index in [0.29, 0.717) is 49.9 Å². The smallest absolute Gasteiger partial charge is 0.224 e. The van der Waals surface area contributed by atoms with E-state index in [1.807, 2.05) is 0 Å². The van der Waals surface area contributed by atoms with Crippen molar-refractivity contribution in [1.82, 2.24) is 10.6 Å². The first kappa shape index (κ1) is 24.9. The van der Waals surface area contributed by atoms with E-state index in [-0.39, 0.29) is 41.9 Å².